The molecule has 2 amide bonds. The predicted molar refractivity (Wildman–Crippen MR) is 103 cm³/mol. The molecule has 26 heavy (non-hydrogen) atoms. The summed E-state index contributed by atoms with van der Waals surface area (Å²) in [6.45, 7) is 3.58. The van der Waals surface area contributed by atoms with Crippen molar-refractivity contribution in [1.82, 2.24) is 10.6 Å². The summed E-state index contributed by atoms with van der Waals surface area (Å²) in [6.07, 6.45) is 0.926. The minimum atomic E-state index is -1.11. The van der Waals surface area contributed by atoms with Gasteiger partial charge in [0.1, 0.15) is 12.1 Å². The summed E-state index contributed by atoms with van der Waals surface area (Å²) in [5.41, 5.74) is 6.82. The lowest BCUT2D eigenvalue weighted by Crippen LogP contribution is -2.56. The largest absolute Gasteiger partial charge is 0.480 e. The Kier molecular flexibility index (Phi) is 9.15. The molecule has 5 N–H and O–H groups in total. The van der Waals surface area contributed by atoms with Crippen molar-refractivity contribution < 1.29 is 19.5 Å². The van der Waals surface area contributed by atoms with Crippen LogP contribution in [0.1, 0.15) is 25.8 Å². The van der Waals surface area contributed by atoms with Crippen molar-refractivity contribution >= 4 is 30.4 Å². The molecule has 0 aliphatic rings. The van der Waals surface area contributed by atoms with Crippen LogP contribution in [0, 0.1) is 5.92 Å². The first-order valence-electron chi connectivity index (χ1n) is 8.54. The van der Waals surface area contributed by atoms with Crippen molar-refractivity contribution in [2.75, 3.05) is 5.75 Å². The van der Waals surface area contributed by atoms with E-state index in [-0.39, 0.29) is 11.7 Å². The van der Waals surface area contributed by atoms with Crippen LogP contribution >= 0.6 is 12.6 Å². The number of carbonyl (C=O) groups excluding carboxylic acids is 2. The maximum Gasteiger partial charge on any atom is 0.326 e. The number of nitrogens with two attached hydrogens (primary N) is 1. The van der Waals surface area contributed by atoms with Crippen molar-refractivity contribution in [3.63, 3.8) is 0 Å². The Morgan fingerprint density at radius 3 is 2.27 bits per heavy atom. The number of aliphatic carboxylic acids is 1. The molecule has 0 bridgehead atoms. The van der Waals surface area contributed by atoms with E-state index >= 15 is 0 Å². The maximum absolute atomic E-state index is 12.3. The Morgan fingerprint density at radius 1 is 1.15 bits per heavy atom. The minimum Gasteiger partial charge on any atom is -0.480 e. The molecule has 0 radical (unpaired) electrons. The third kappa shape index (κ3) is 6.68. The van der Waals surface area contributed by atoms with Crippen molar-refractivity contribution in [3.8, 4) is 0 Å². The number of hydrogen-bond acceptors (Lipinski definition) is 5. The first kappa shape index (κ1) is 22.0. The third-order valence-electron chi connectivity index (χ3n) is 4.23. The van der Waals surface area contributed by atoms with E-state index in [1.165, 1.54) is 0 Å². The number of carboxylic acid groups (broad SMARTS) is 1. The van der Waals surface area contributed by atoms with Crippen LogP contribution < -0.4 is 16.4 Å². The fourth-order valence-corrected chi connectivity index (χ4v) is 2.63. The molecule has 0 heterocycles. The zero-order valence-corrected chi connectivity index (χ0v) is 15.9. The highest BCUT2D eigenvalue weighted by Crippen LogP contribution is 2.08. The molecule has 1 rings (SSSR count). The Balaban J connectivity index is 2.67. The average Bonchev–Trinajstić information content (AvgIpc) is 2.63. The zero-order valence-electron chi connectivity index (χ0n) is 15.0. The molecule has 0 fully saturated rings. The quantitative estimate of drug-likeness (QED) is 0.380. The molecule has 0 aliphatic heterocycles. The summed E-state index contributed by atoms with van der Waals surface area (Å²) in [6, 6.07) is 6.49. The summed E-state index contributed by atoms with van der Waals surface area (Å²) in [5, 5.41) is 14.3. The number of nitrogens with one attached hydrogen (secondary N) is 2. The average molecular weight is 381 g/mol. The second-order valence-corrected chi connectivity index (χ2v) is 6.62. The number of carboxylic acids is 1. The summed E-state index contributed by atoms with van der Waals surface area (Å²) in [7, 11) is 0. The number of benzene rings is 1. The van der Waals surface area contributed by atoms with Crippen molar-refractivity contribution in [1.29, 1.82) is 0 Å². The highest BCUT2D eigenvalue weighted by molar-refractivity contribution is 7.80. The zero-order chi connectivity index (χ0) is 19.7. The van der Waals surface area contributed by atoms with Gasteiger partial charge in [-0.3, -0.25) is 9.59 Å². The molecule has 0 aliphatic carbocycles. The molecule has 1 aromatic carbocycles. The van der Waals surface area contributed by atoms with Crippen molar-refractivity contribution in [3.05, 3.63) is 35.9 Å². The van der Waals surface area contributed by atoms with Crippen LogP contribution in [0.4, 0.5) is 0 Å². The second kappa shape index (κ2) is 10.8. The van der Waals surface area contributed by atoms with Gasteiger partial charge in [0.15, 0.2) is 0 Å². The van der Waals surface area contributed by atoms with E-state index in [9.17, 15) is 19.5 Å². The molecule has 4 atom stereocenters. The highest BCUT2D eigenvalue weighted by atomic mass is 32.1. The lowest BCUT2D eigenvalue weighted by atomic mass is 9.99. The van der Waals surface area contributed by atoms with Crippen LogP contribution in [-0.4, -0.2) is 46.8 Å². The molecule has 0 aromatic heterocycles. The predicted octanol–water partition coefficient (Wildman–Crippen LogP) is 0.587. The van der Waals surface area contributed by atoms with Gasteiger partial charge in [0.25, 0.3) is 0 Å². The van der Waals surface area contributed by atoms with Crippen molar-refractivity contribution in [2.24, 2.45) is 11.7 Å². The monoisotopic (exact) mass is 381 g/mol. The highest BCUT2D eigenvalue weighted by Gasteiger charge is 2.29. The summed E-state index contributed by atoms with van der Waals surface area (Å²) in [5.74, 6) is -2.40. The lowest BCUT2D eigenvalue weighted by Gasteiger charge is -2.24. The lowest BCUT2D eigenvalue weighted by molar-refractivity contribution is -0.143. The van der Waals surface area contributed by atoms with Gasteiger partial charge in [-0.25, -0.2) is 4.79 Å². The van der Waals surface area contributed by atoms with Crippen LogP contribution in [-0.2, 0) is 20.8 Å². The Labute approximate surface area is 159 Å². The molecule has 144 valence electrons. The maximum atomic E-state index is 12.3. The first-order chi connectivity index (χ1) is 12.3. The van der Waals surface area contributed by atoms with Gasteiger partial charge in [0.05, 0.1) is 6.04 Å². The van der Waals surface area contributed by atoms with Gasteiger partial charge in [-0.15, -0.1) is 0 Å². The van der Waals surface area contributed by atoms with E-state index < -0.39 is 35.9 Å². The number of hydrogen-bond donors (Lipinski definition) is 5. The SMILES string of the molecule is CCC(C)C(NC(=O)C(CS)NC(=O)C(N)Cc1ccccc1)C(=O)O. The van der Waals surface area contributed by atoms with Gasteiger partial charge >= 0.3 is 5.97 Å². The van der Waals surface area contributed by atoms with Gasteiger partial charge in [-0.2, -0.15) is 12.6 Å². The van der Waals surface area contributed by atoms with Gasteiger partial charge in [-0.05, 0) is 17.9 Å². The van der Waals surface area contributed by atoms with E-state index in [4.69, 9.17) is 5.73 Å². The summed E-state index contributed by atoms with van der Waals surface area (Å²) < 4.78 is 0. The second-order valence-electron chi connectivity index (χ2n) is 6.25. The topological polar surface area (TPSA) is 122 Å². The van der Waals surface area contributed by atoms with Crippen LogP contribution in [0.2, 0.25) is 0 Å². The van der Waals surface area contributed by atoms with Gasteiger partial charge in [0.2, 0.25) is 11.8 Å². The Bertz CT molecular complexity index is 612. The number of amides is 2. The molecule has 4 unspecified atom stereocenters. The van der Waals surface area contributed by atoms with Gasteiger partial charge in [0, 0.05) is 5.75 Å². The van der Waals surface area contributed by atoms with E-state index in [2.05, 4.69) is 23.3 Å². The van der Waals surface area contributed by atoms with E-state index in [1.54, 1.807) is 6.92 Å². The molecule has 7 nitrogen and oxygen atoms in total. The van der Waals surface area contributed by atoms with Crippen LogP contribution in [0.5, 0.6) is 0 Å². The smallest absolute Gasteiger partial charge is 0.326 e. The van der Waals surface area contributed by atoms with Crippen LogP contribution in [0.25, 0.3) is 0 Å². The van der Waals surface area contributed by atoms with Gasteiger partial charge in [-0.1, -0.05) is 50.6 Å². The standard InChI is InChI=1S/C18H27N3O4S/c1-3-11(2)15(18(24)25)21-17(23)14(10-26)20-16(22)13(19)9-12-7-5-4-6-8-12/h4-8,11,13-15,26H,3,9-10,19H2,1-2H3,(H,20,22)(H,21,23)(H,24,25). The fourth-order valence-electron chi connectivity index (χ4n) is 2.37. The number of rotatable bonds is 10. The first-order valence-corrected chi connectivity index (χ1v) is 9.17. The minimum absolute atomic E-state index is 0.0302. The summed E-state index contributed by atoms with van der Waals surface area (Å²) >= 11 is 4.08. The molecule has 0 spiro atoms. The number of thiol groups is 1. The number of carbonyl (C=O) groups is 3. The molecule has 1 aromatic rings. The third-order valence-corrected chi connectivity index (χ3v) is 4.59. The molecular formula is C18H27N3O4S. The van der Waals surface area contributed by atoms with E-state index in [1.807, 2.05) is 37.3 Å². The van der Waals surface area contributed by atoms with Crippen molar-refractivity contribution in [2.45, 2.75) is 44.8 Å². The Morgan fingerprint density at radius 2 is 1.77 bits per heavy atom. The van der Waals surface area contributed by atoms with E-state index in [0.717, 1.165) is 5.56 Å². The van der Waals surface area contributed by atoms with Crippen LogP contribution in [0.3, 0.4) is 0 Å². The fraction of sp³-hybridized carbons (Fsp3) is 0.500. The molecule has 0 saturated heterocycles. The Hall–Kier alpha value is -2.06. The molecule has 8 heteroatoms. The van der Waals surface area contributed by atoms with E-state index in [0.29, 0.717) is 12.8 Å². The van der Waals surface area contributed by atoms with Gasteiger partial charge < -0.3 is 21.5 Å². The molecule has 0 saturated carbocycles. The normalized spacial score (nSPS) is 15.4. The molecular weight excluding hydrogens is 354 g/mol. The van der Waals surface area contributed by atoms with Crippen LogP contribution in [0.15, 0.2) is 30.3 Å². The summed E-state index contributed by atoms with van der Waals surface area (Å²) in [4.78, 5) is 36.0.